The first-order valence-electron chi connectivity index (χ1n) is 11.1. The zero-order valence-electron chi connectivity index (χ0n) is 19.9. The first-order chi connectivity index (χ1) is 16.4. The number of rotatable bonds is 7. The fraction of sp³-hybridized carbons (Fsp3) is 0.296. The van der Waals surface area contributed by atoms with E-state index in [2.05, 4.69) is 26.1 Å². The molecule has 0 saturated carbocycles. The summed E-state index contributed by atoms with van der Waals surface area (Å²) in [5.41, 5.74) is 1.00. The standard InChI is InChI=1S/C27H27ClF3NO3/c1-5-34-24-13-6-17(25(33)32-23-15-20(27(29,30)31)9-12-22(23)28)14-18(24)16-35-21-10-7-19(8-11-21)26(2,3)4/h6-15H,5,16H2,1-4H3,(H,32,33). The van der Waals surface area contributed by atoms with Gasteiger partial charge in [0, 0.05) is 11.1 Å². The molecule has 3 aromatic rings. The maximum absolute atomic E-state index is 13.1. The molecule has 3 aromatic carbocycles. The lowest BCUT2D eigenvalue weighted by Gasteiger charge is -2.19. The van der Waals surface area contributed by atoms with Crippen molar-refractivity contribution in [3.63, 3.8) is 0 Å². The molecule has 0 heterocycles. The zero-order valence-corrected chi connectivity index (χ0v) is 20.7. The van der Waals surface area contributed by atoms with Gasteiger partial charge in [-0.3, -0.25) is 4.79 Å². The minimum Gasteiger partial charge on any atom is -0.493 e. The van der Waals surface area contributed by atoms with Crippen LogP contribution in [0.15, 0.2) is 60.7 Å². The predicted molar refractivity (Wildman–Crippen MR) is 131 cm³/mol. The highest BCUT2D eigenvalue weighted by Gasteiger charge is 2.31. The molecular formula is C27H27ClF3NO3. The summed E-state index contributed by atoms with van der Waals surface area (Å²) in [5, 5.41) is 2.46. The van der Waals surface area contributed by atoms with Gasteiger partial charge in [0.05, 0.1) is 22.9 Å². The average Bonchev–Trinajstić information content (AvgIpc) is 2.79. The van der Waals surface area contributed by atoms with E-state index < -0.39 is 17.6 Å². The molecule has 0 bridgehead atoms. The van der Waals surface area contributed by atoms with Gasteiger partial charge in [-0.2, -0.15) is 13.2 Å². The second kappa shape index (κ2) is 10.6. The van der Waals surface area contributed by atoms with Crippen molar-refractivity contribution >= 4 is 23.2 Å². The summed E-state index contributed by atoms with van der Waals surface area (Å²) in [4.78, 5) is 12.8. The molecule has 0 saturated heterocycles. The zero-order chi connectivity index (χ0) is 25.8. The van der Waals surface area contributed by atoms with Crippen LogP contribution in [-0.4, -0.2) is 12.5 Å². The highest BCUT2D eigenvalue weighted by atomic mass is 35.5. The maximum atomic E-state index is 13.1. The fourth-order valence-corrected chi connectivity index (χ4v) is 3.50. The van der Waals surface area contributed by atoms with E-state index in [1.165, 1.54) is 11.6 Å². The molecule has 0 aliphatic heterocycles. The fourth-order valence-electron chi connectivity index (χ4n) is 3.33. The van der Waals surface area contributed by atoms with Crippen LogP contribution in [0.5, 0.6) is 11.5 Å². The van der Waals surface area contributed by atoms with Gasteiger partial charge in [-0.25, -0.2) is 0 Å². The Labute approximate surface area is 208 Å². The van der Waals surface area contributed by atoms with E-state index in [-0.39, 0.29) is 28.3 Å². The van der Waals surface area contributed by atoms with Crippen molar-refractivity contribution in [1.82, 2.24) is 0 Å². The Morgan fingerprint density at radius 3 is 2.17 bits per heavy atom. The highest BCUT2D eigenvalue weighted by Crippen LogP contribution is 2.34. The van der Waals surface area contributed by atoms with Crippen LogP contribution in [0.4, 0.5) is 18.9 Å². The van der Waals surface area contributed by atoms with Gasteiger partial charge in [0.25, 0.3) is 5.91 Å². The van der Waals surface area contributed by atoms with Crippen molar-refractivity contribution in [3.8, 4) is 11.5 Å². The summed E-state index contributed by atoms with van der Waals surface area (Å²) in [6.07, 6.45) is -4.56. The number of ether oxygens (including phenoxy) is 2. The Balaban J connectivity index is 1.80. The number of carbonyl (C=O) groups excluding carboxylic acids is 1. The number of halogens is 4. The van der Waals surface area contributed by atoms with E-state index in [0.717, 1.165) is 18.2 Å². The van der Waals surface area contributed by atoms with Gasteiger partial charge in [-0.1, -0.05) is 44.5 Å². The lowest BCUT2D eigenvalue weighted by Crippen LogP contribution is -2.14. The van der Waals surface area contributed by atoms with Crippen molar-refractivity contribution in [2.24, 2.45) is 0 Å². The van der Waals surface area contributed by atoms with Crippen LogP contribution in [0, 0.1) is 0 Å². The molecule has 0 aliphatic carbocycles. The second-order valence-electron chi connectivity index (χ2n) is 8.97. The molecule has 0 aromatic heterocycles. The van der Waals surface area contributed by atoms with Crippen molar-refractivity contribution in [3.05, 3.63) is 87.9 Å². The normalized spacial score (nSPS) is 11.8. The summed E-state index contributed by atoms with van der Waals surface area (Å²) in [5.74, 6) is 0.601. The molecule has 1 amide bonds. The Morgan fingerprint density at radius 2 is 1.57 bits per heavy atom. The van der Waals surface area contributed by atoms with Crippen LogP contribution >= 0.6 is 11.6 Å². The Morgan fingerprint density at radius 1 is 0.914 bits per heavy atom. The van der Waals surface area contributed by atoms with Crippen molar-refractivity contribution < 1.29 is 27.4 Å². The van der Waals surface area contributed by atoms with E-state index in [4.69, 9.17) is 21.1 Å². The van der Waals surface area contributed by atoms with E-state index in [1.807, 2.05) is 31.2 Å². The predicted octanol–water partition coefficient (Wildman–Crippen LogP) is 7.89. The monoisotopic (exact) mass is 505 g/mol. The minimum atomic E-state index is -4.56. The van der Waals surface area contributed by atoms with Gasteiger partial charge in [-0.05, 0) is 66.4 Å². The van der Waals surface area contributed by atoms with Gasteiger partial charge in [0.2, 0.25) is 0 Å². The van der Waals surface area contributed by atoms with Crippen LogP contribution in [0.3, 0.4) is 0 Å². The summed E-state index contributed by atoms with van der Waals surface area (Å²) < 4.78 is 50.7. The second-order valence-corrected chi connectivity index (χ2v) is 9.37. The lowest BCUT2D eigenvalue weighted by molar-refractivity contribution is -0.137. The smallest absolute Gasteiger partial charge is 0.416 e. The molecule has 1 N–H and O–H groups in total. The lowest BCUT2D eigenvalue weighted by atomic mass is 9.87. The Hall–Kier alpha value is -3.19. The molecule has 186 valence electrons. The largest absolute Gasteiger partial charge is 0.493 e. The molecule has 35 heavy (non-hydrogen) atoms. The third-order valence-corrected chi connectivity index (χ3v) is 5.61. The number of hydrogen-bond donors (Lipinski definition) is 1. The summed E-state index contributed by atoms with van der Waals surface area (Å²) in [6.45, 7) is 8.77. The van der Waals surface area contributed by atoms with Gasteiger partial charge >= 0.3 is 6.18 Å². The van der Waals surface area contributed by atoms with E-state index in [1.54, 1.807) is 12.1 Å². The molecule has 4 nitrogen and oxygen atoms in total. The van der Waals surface area contributed by atoms with Gasteiger partial charge < -0.3 is 14.8 Å². The summed E-state index contributed by atoms with van der Waals surface area (Å²) in [7, 11) is 0. The number of anilines is 1. The number of carbonyl (C=O) groups is 1. The van der Waals surface area contributed by atoms with Crippen LogP contribution < -0.4 is 14.8 Å². The molecule has 0 spiro atoms. The van der Waals surface area contributed by atoms with Crippen molar-refractivity contribution in [1.29, 1.82) is 0 Å². The third kappa shape index (κ3) is 6.92. The first-order valence-corrected chi connectivity index (χ1v) is 11.4. The quantitative estimate of drug-likeness (QED) is 0.355. The molecular weight excluding hydrogens is 479 g/mol. The third-order valence-electron chi connectivity index (χ3n) is 5.28. The highest BCUT2D eigenvalue weighted by molar-refractivity contribution is 6.34. The number of benzene rings is 3. The average molecular weight is 506 g/mol. The van der Waals surface area contributed by atoms with Crippen LogP contribution in [-0.2, 0) is 18.2 Å². The van der Waals surface area contributed by atoms with E-state index in [0.29, 0.717) is 23.7 Å². The molecule has 0 atom stereocenters. The molecule has 3 rings (SSSR count). The Bertz CT molecular complexity index is 1190. The first kappa shape index (κ1) is 26.4. The molecule has 0 fully saturated rings. The van der Waals surface area contributed by atoms with Gasteiger partial charge in [-0.15, -0.1) is 0 Å². The Kier molecular flexibility index (Phi) is 8.00. The molecule has 0 aliphatic rings. The number of nitrogens with one attached hydrogen (secondary N) is 1. The minimum absolute atomic E-state index is 0.000419. The van der Waals surface area contributed by atoms with E-state index in [9.17, 15) is 18.0 Å². The summed E-state index contributed by atoms with van der Waals surface area (Å²) in [6, 6.07) is 15.3. The summed E-state index contributed by atoms with van der Waals surface area (Å²) >= 11 is 6.01. The van der Waals surface area contributed by atoms with Crippen molar-refractivity contribution in [2.75, 3.05) is 11.9 Å². The number of hydrogen-bond acceptors (Lipinski definition) is 3. The van der Waals surface area contributed by atoms with Crippen molar-refractivity contribution in [2.45, 2.75) is 45.9 Å². The number of amides is 1. The molecule has 8 heteroatoms. The van der Waals surface area contributed by atoms with Crippen LogP contribution in [0.1, 0.15) is 54.7 Å². The van der Waals surface area contributed by atoms with E-state index >= 15 is 0 Å². The van der Waals surface area contributed by atoms with Crippen LogP contribution in [0.2, 0.25) is 5.02 Å². The maximum Gasteiger partial charge on any atom is 0.416 e. The number of alkyl halides is 3. The molecule has 0 unspecified atom stereocenters. The molecule has 0 radical (unpaired) electrons. The van der Waals surface area contributed by atoms with Gasteiger partial charge in [0.15, 0.2) is 0 Å². The SMILES string of the molecule is CCOc1ccc(C(=O)Nc2cc(C(F)(F)F)ccc2Cl)cc1COc1ccc(C(C)(C)C)cc1. The van der Waals surface area contributed by atoms with Gasteiger partial charge in [0.1, 0.15) is 18.1 Å². The van der Waals surface area contributed by atoms with Crippen LogP contribution in [0.25, 0.3) is 0 Å². The topological polar surface area (TPSA) is 47.6 Å².